The highest BCUT2D eigenvalue weighted by Gasteiger charge is 2.77. The number of ether oxygens (including phenoxy) is 1. The first-order chi connectivity index (χ1) is 23.9. The smallest absolute Gasteiger partial charge is 0.258 e. The largest absolute Gasteiger partial charge is 0.503 e. The second kappa shape index (κ2) is 11.9. The van der Waals surface area contributed by atoms with Crippen LogP contribution in [0, 0.1) is 53.8 Å². The standard InChI is InChI=1S/C34H21BrCl3F5N2O6/c1-11-3-4-13(9-18(11)36)44-29(47)15-6-5-14-16(20(15)30(44)48)10-33(37)31(49)45(27-25(42)23(40)22(39)24(41)26(27)43)32(50)34(33,38)21(14)12-7-17(35)28(46)19(8-12)51-2/h3-5,7-9,15-16,20-21,46H,6,10H2,1-2H3/t15-,16+,20-,21-,33+,34-/m0/s1. The second-order valence-corrected chi connectivity index (χ2v) is 15.2. The molecule has 2 aliphatic carbocycles. The number of imide groups is 2. The van der Waals surface area contributed by atoms with Crippen LogP contribution in [0.5, 0.6) is 11.5 Å². The van der Waals surface area contributed by atoms with E-state index >= 15 is 8.78 Å². The van der Waals surface area contributed by atoms with E-state index in [1.165, 1.54) is 31.4 Å². The molecule has 0 aromatic heterocycles. The minimum atomic E-state index is -2.74. The SMILES string of the molecule is COc1cc([C@H]2C3=CC[C@@H]4C(=O)N(c5ccc(C)c(Cl)c5)C(=O)[C@@H]4[C@@H]3C[C@@]3(Cl)C(=O)N(c4c(F)c(F)c(F)c(F)c4F)C(=O)[C@@]23Cl)cc(Br)c1O. The van der Waals surface area contributed by atoms with Crippen LogP contribution in [0.4, 0.5) is 33.3 Å². The average molecular weight is 835 g/mol. The zero-order chi connectivity index (χ0) is 37.2. The van der Waals surface area contributed by atoms with E-state index < -0.39 is 98.2 Å². The molecule has 0 spiro atoms. The molecule has 3 fully saturated rings. The van der Waals surface area contributed by atoms with E-state index in [-0.39, 0.29) is 49.1 Å². The fourth-order valence-corrected chi connectivity index (χ4v) is 9.40. The molecule has 7 rings (SSSR count). The lowest BCUT2D eigenvalue weighted by Crippen LogP contribution is -2.60. The number of halogens is 9. The van der Waals surface area contributed by atoms with Crippen molar-refractivity contribution in [2.45, 2.75) is 35.4 Å². The zero-order valence-corrected chi connectivity index (χ0v) is 29.8. The molecule has 17 heteroatoms. The molecular formula is C34H21BrCl3F5N2O6. The number of alkyl halides is 2. The molecule has 266 valence electrons. The maximum absolute atomic E-state index is 15.3. The number of benzene rings is 3. The molecule has 6 atom stereocenters. The van der Waals surface area contributed by atoms with E-state index in [0.29, 0.717) is 5.56 Å². The zero-order valence-electron chi connectivity index (χ0n) is 26.0. The summed E-state index contributed by atoms with van der Waals surface area (Å²) in [6.07, 6.45) is 0.825. The number of phenolic OH excluding ortho intramolecular Hbond substituents is 1. The van der Waals surface area contributed by atoms with Gasteiger partial charge in [-0.25, -0.2) is 31.8 Å². The van der Waals surface area contributed by atoms with Gasteiger partial charge in [0.2, 0.25) is 17.6 Å². The Hall–Kier alpha value is -3.72. The minimum Gasteiger partial charge on any atom is -0.503 e. The Balaban J connectivity index is 1.45. The summed E-state index contributed by atoms with van der Waals surface area (Å²) < 4.78 is 78.8. The number of aromatic hydroxyl groups is 1. The van der Waals surface area contributed by atoms with Crippen molar-refractivity contribution in [3.05, 3.63) is 91.7 Å². The molecule has 8 nitrogen and oxygen atoms in total. The summed E-state index contributed by atoms with van der Waals surface area (Å²) in [7, 11) is 1.21. The first-order valence-electron chi connectivity index (χ1n) is 15.1. The van der Waals surface area contributed by atoms with Gasteiger partial charge in [-0.05, 0) is 77.0 Å². The van der Waals surface area contributed by atoms with Gasteiger partial charge in [0.15, 0.2) is 44.5 Å². The van der Waals surface area contributed by atoms with Gasteiger partial charge in [0.1, 0.15) is 5.69 Å². The van der Waals surface area contributed by atoms with Crippen molar-refractivity contribution in [1.29, 1.82) is 0 Å². The Bertz CT molecular complexity index is 2160. The van der Waals surface area contributed by atoms with E-state index in [4.69, 9.17) is 39.5 Å². The predicted molar refractivity (Wildman–Crippen MR) is 177 cm³/mol. The van der Waals surface area contributed by atoms with Crippen LogP contribution in [-0.2, 0) is 19.2 Å². The second-order valence-electron chi connectivity index (χ2n) is 12.7. The van der Waals surface area contributed by atoms with Crippen LogP contribution in [0.25, 0.3) is 0 Å². The molecule has 3 aromatic carbocycles. The van der Waals surface area contributed by atoms with Crippen molar-refractivity contribution in [3.8, 4) is 11.5 Å². The molecule has 4 aliphatic rings. The molecule has 1 N–H and O–H groups in total. The number of nitrogens with zero attached hydrogens (tertiary/aromatic N) is 2. The number of hydrogen-bond acceptors (Lipinski definition) is 6. The third-order valence-corrected chi connectivity index (χ3v) is 12.7. The Morgan fingerprint density at radius 1 is 0.882 bits per heavy atom. The number of hydrogen-bond donors (Lipinski definition) is 1. The van der Waals surface area contributed by atoms with Gasteiger partial charge in [-0.2, -0.15) is 0 Å². The van der Waals surface area contributed by atoms with Crippen LogP contribution in [0.2, 0.25) is 5.02 Å². The molecule has 0 radical (unpaired) electrons. The number of fused-ring (bicyclic) bond motifs is 4. The van der Waals surface area contributed by atoms with Crippen LogP contribution in [0.1, 0.15) is 29.9 Å². The maximum atomic E-state index is 15.3. The topological polar surface area (TPSA) is 104 Å². The van der Waals surface area contributed by atoms with Crippen LogP contribution < -0.4 is 14.5 Å². The van der Waals surface area contributed by atoms with Crippen molar-refractivity contribution in [2.24, 2.45) is 17.8 Å². The van der Waals surface area contributed by atoms with Crippen molar-refractivity contribution in [2.75, 3.05) is 16.9 Å². The molecule has 2 aliphatic heterocycles. The van der Waals surface area contributed by atoms with E-state index in [1.54, 1.807) is 19.1 Å². The highest BCUT2D eigenvalue weighted by Crippen LogP contribution is 2.66. The van der Waals surface area contributed by atoms with E-state index in [1.807, 2.05) is 0 Å². The highest BCUT2D eigenvalue weighted by molar-refractivity contribution is 9.10. The number of aryl methyl sites for hydroxylation is 1. The summed E-state index contributed by atoms with van der Waals surface area (Å²) in [6, 6.07) is 7.14. The Labute approximate surface area is 308 Å². The summed E-state index contributed by atoms with van der Waals surface area (Å²) in [5.41, 5.74) is -0.758. The third kappa shape index (κ3) is 4.61. The molecule has 1 saturated carbocycles. The molecule has 4 amide bonds. The minimum absolute atomic E-state index is 0.0108. The number of carbonyl (C=O) groups excluding carboxylic acids is 4. The van der Waals surface area contributed by atoms with Gasteiger partial charge in [0.05, 0.1) is 29.1 Å². The quantitative estimate of drug-likeness (QED) is 0.0726. The third-order valence-electron chi connectivity index (χ3n) is 10.2. The van der Waals surface area contributed by atoms with E-state index in [0.717, 1.165) is 4.90 Å². The summed E-state index contributed by atoms with van der Waals surface area (Å²) in [6.45, 7) is 1.72. The lowest BCUT2D eigenvalue weighted by Gasteiger charge is -2.50. The highest BCUT2D eigenvalue weighted by atomic mass is 79.9. The summed E-state index contributed by atoms with van der Waals surface area (Å²) in [5.74, 6) is -22.3. The number of rotatable bonds is 4. The van der Waals surface area contributed by atoms with Crippen molar-refractivity contribution < 1.29 is 51.0 Å². The first-order valence-corrected chi connectivity index (χ1v) is 17.0. The van der Waals surface area contributed by atoms with Gasteiger partial charge in [-0.3, -0.25) is 19.2 Å². The van der Waals surface area contributed by atoms with E-state index in [2.05, 4.69) is 15.9 Å². The molecule has 51 heavy (non-hydrogen) atoms. The Kier molecular flexibility index (Phi) is 8.33. The Morgan fingerprint density at radius 2 is 1.51 bits per heavy atom. The summed E-state index contributed by atoms with van der Waals surface area (Å²) >= 11 is 23.8. The molecule has 0 unspecified atom stereocenters. The number of amides is 4. The fourth-order valence-electron chi connectivity index (χ4n) is 7.83. The van der Waals surface area contributed by atoms with Gasteiger partial charge in [-0.15, -0.1) is 23.2 Å². The summed E-state index contributed by atoms with van der Waals surface area (Å²) in [4.78, 5) is 52.1. The van der Waals surface area contributed by atoms with Gasteiger partial charge in [0.25, 0.3) is 11.8 Å². The number of carbonyl (C=O) groups is 4. The van der Waals surface area contributed by atoms with Crippen LogP contribution in [0.15, 0.2) is 46.5 Å². The summed E-state index contributed by atoms with van der Waals surface area (Å²) in [5, 5.41) is 10.9. The fraction of sp³-hybridized carbons (Fsp3) is 0.294. The number of anilines is 2. The molecular weight excluding hydrogens is 814 g/mol. The van der Waals surface area contributed by atoms with Crippen molar-refractivity contribution in [3.63, 3.8) is 0 Å². The molecule has 2 saturated heterocycles. The van der Waals surface area contributed by atoms with Gasteiger partial charge < -0.3 is 9.84 Å². The normalized spacial score (nSPS) is 28.6. The van der Waals surface area contributed by atoms with Crippen LogP contribution in [-0.4, -0.2) is 45.6 Å². The van der Waals surface area contributed by atoms with E-state index in [9.17, 15) is 37.5 Å². The monoisotopic (exact) mass is 832 g/mol. The van der Waals surface area contributed by atoms with Gasteiger partial charge in [0, 0.05) is 10.9 Å². The maximum Gasteiger partial charge on any atom is 0.258 e. The lowest BCUT2D eigenvalue weighted by molar-refractivity contribution is -0.125. The lowest BCUT2D eigenvalue weighted by atomic mass is 9.56. The van der Waals surface area contributed by atoms with Crippen LogP contribution in [0.3, 0.4) is 0 Å². The molecule has 2 heterocycles. The number of phenols is 1. The molecule has 0 bridgehead atoms. The molecule has 3 aromatic rings. The van der Waals surface area contributed by atoms with Gasteiger partial charge in [-0.1, -0.05) is 29.3 Å². The van der Waals surface area contributed by atoms with Crippen molar-refractivity contribution in [1.82, 2.24) is 0 Å². The Morgan fingerprint density at radius 3 is 2.12 bits per heavy atom. The predicted octanol–water partition coefficient (Wildman–Crippen LogP) is 7.59. The van der Waals surface area contributed by atoms with Crippen molar-refractivity contribution >= 4 is 85.7 Å². The number of allylic oxidation sites excluding steroid dienone is 2. The first kappa shape index (κ1) is 35.7. The average Bonchev–Trinajstić information content (AvgIpc) is 3.43. The van der Waals surface area contributed by atoms with Crippen LogP contribution >= 0.6 is 50.7 Å². The van der Waals surface area contributed by atoms with Gasteiger partial charge >= 0.3 is 0 Å². The number of methoxy groups -OCH3 is 1.